The van der Waals surface area contributed by atoms with Crippen LogP contribution in [0.25, 0.3) is 0 Å². The number of hydrogen-bond acceptors (Lipinski definition) is 4. The van der Waals surface area contributed by atoms with Crippen molar-refractivity contribution in [2.75, 3.05) is 18.1 Å². The maximum absolute atomic E-state index is 12.8. The zero-order chi connectivity index (χ0) is 12.4. The van der Waals surface area contributed by atoms with Crippen LogP contribution in [0.3, 0.4) is 0 Å². The average Bonchev–Trinajstić information content (AvgIpc) is 2.61. The second-order valence-electron chi connectivity index (χ2n) is 4.08. The van der Waals surface area contributed by atoms with Gasteiger partial charge in [0.05, 0.1) is 18.9 Å². The summed E-state index contributed by atoms with van der Waals surface area (Å²) in [5.74, 6) is 0.990. The van der Waals surface area contributed by atoms with Gasteiger partial charge >= 0.3 is 0 Å². The Hall–Kier alpha value is -2.17. The van der Waals surface area contributed by atoms with Gasteiger partial charge in [0.15, 0.2) is 5.82 Å². The first-order valence-corrected chi connectivity index (χ1v) is 5.76. The molecule has 0 N–H and O–H groups in total. The molecule has 1 aliphatic heterocycles. The summed E-state index contributed by atoms with van der Waals surface area (Å²) in [5, 5.41) is 0. The van der Waals surface area contributed by atoms with Gasteiger partial charge in [0, 0.05) is 12.1 Å². The van der Waals surface area contributed by atoms with E-state index in [0.29, 0.717) is 25.6 Å². The number of anilines is 1. The molecule has 0 saturated heterocycles. The number of benzene rings is 1. The lowest BCUT2D eigenvalue weighted by Crippen LogP contribution is -2.27. The number of hydrogen-bond donors (Lipinski definition) is 0. The van der Waals surface area contributed by atoms with Crippen LogP contribution in [0.15, 0.2) is 36.7 Å². The van der Waals surface area contributed by atoms with Gasteiger partial charge in [0.1, 0.15) is 12.4 Å². The number of ether oxygens (including phenoxy) is 1. The van der Waals surface area contributed by atoms with Crippen molar-refractivity contribution >= 4 is 5.95 Å². The smallest absolute Gasteiger partial charge is 0.225 e. The Balaban J connectivity index is 1.89. The minimum atomic E-state index is -0.426. The maximum atomic E-state index is 12.8. The van der Waals surface area contributed by atoms with Crippen LogP contribution in [0.1, 0.15) is 5.56 Å². The summed E-state index contributed by atoms with van der Waals surface area (Å²) in [6.07, 6.45) is 2.36. The Kier molecular flexibility index (Phi) is 2.80. The van der Waals surface area contributed by atoms with Crippen LogP contribution in [0, 0.1) is 5.82 Å². The lowest BCUT2D eigenvalue weighted by atomic mass is 10.2. The van der Waals surface area contributed by atoms with Crippen molar-refractivity contribution in [1.82, 2.24) is 9.97 Å². The lowest BCUT2D eigenvalue weighted by Gasteiger charge is -2.19. The summed E-state index contributed by atoms with van der Waals surface area (Å²) in [4.78, 5) is 9.98. The topological polar surface area (TPSA) is 38.2 Å². The van der Waals surface area contributed by atoms with Crippen molar-refractivity contribution in [2.24, 2.45) is 0 Å². The summed E-state index contributed by atoms with van der Waals surface area (Å²) < 4.78 is 18.5. The summed E-state index contributed by atoms with van der Waals surface area (Å²) >= 11 is 0. The first kappa shape index (κ1) is 11.0. The molecule has 1 aromatic carbocycles. The van der Waals surface area contributed by atoms with Gasteiger partial charge in [-0.25, -0.2) is 14.4 Å². The Bertz CT molecular complexity index is 544. The minimum Gasteiger partial charge on any atom is -0.491 e. The molecule has 2 aromatic rings. The van der Waals surface area contributed by atoms with Crippen molar-refractivity contribution in [3.63, 3.8) is 0 Å². The molecule has 5 heteroatoms. The Labute approximate surface area is 104 Å². The first-order valence-electron chi connectivity index (χ1n) is 5.76. The monoisotopic (exact) mass is 245 g/mol. The fourth-order valence-corrected chi connectivity index (χ4v) is 1.97. The van der Waals surface area contributed by atoms with Crippen LogP contribution in [0.2, 0.25) is 0 Å². The predicted octanol–water partition coefficient (Wildman–Crippen LogP) is 2.01. The second-order valence-corrected chi connectivity index (χ2v) is 4.08. The fourth-order valence-electron chi connectivity index (χ4n) is 1.97. The second kappa shape index (κ2) is 4.60. The standard InChI is InChI=1S/C13H12FN3O/c14-11-7-15-13(16-8-11)17-5-6-18-12-4-2-1-3-10(12)9-17/h1-4,7-8H,5-6,9H2. The Morgan fingerprint density at radius 2 is 1.94 bits per heavy atom. The quantitative estimate of drug-likeness (QED) is 0.770. The molecular formula is C13H12FN3O. The number of aromatic nitrogens is 2. The molecule has 0 saturated carbocycles. The molecule has 0 aliphatic carbocycles. The van der Waals surface area contributed by atoms with Gasteiger partial charge in [-0.05, 0) is 6.07 Å². The summed E-state index contributed by atoms with van der Waals surface area (Å²) in [6, 6.07) is 7.88. The van der Waals surface area contributed by atoms with Crippen LogP contribution in [-0.2, 0) is 6.54 Å². The van der Waals surface area contributed by atoms with Crippen molar-refractivity contribution in [1.29, 1.82) is 0 Å². The average molecular weight is 245 g/mol. The lowest BCUT2D eigenvalue weighted by molar-refractivity contribution is 0.331. The number of nitrogens with zero attached hydrogens (tertiary/aromatic N) is 3. The largest absolute Gasteiger partial charge is 0.491 e. The van der Waals surface area contributed by atoms with Crippen LogP contribution >= 0.6 is 0 Å². The molecule has 0 radical (unpaired) electrons. The van der Waals surface area contributed by atoms with Crippen LogP contribution in [0.4, 0.5) is 10.3 Å². The minimum absolute atomic E-state index is 0.426. The molecular weight excluding hydrogens is 233 g/mol. The molecule has 0 fully saturated rings. The molecule has 2 heterocycles. The summed E-state index contributed by atoms with van der Waals surface area (Å²) in [7, 11) is 0. The van der Waals surface area contributed by atoms with Gasteiger partial charge in [-0.3, -0.25) is 0 Å². The number of fused-ring (bicyclic) bond motifs is 1. The third-order valence-electron chi connectivity index (χ3n) is 2.84. The van der Waals surface area contributed by atoms with Gasteiger partial charge in [0.2, 0.25) is 5.95 Å². The highest BCUT2D eigenvalue weighted by molar-refractivity contribution is 5.40. The molecule has 0 spiro atoms. The molecule has 0 bridgehead atoms. The SMILES string of the molecule is Fc1cnc(N2CCOc3ccccc3C2)nc1. The third kappa shape index (κ3) is 2.11. The van der Waals surface area contributed by atoms with E-state index in [1.807, 2.05) is 29.2 Å². The van der Waals surface area contributed by atoms with Crippen LogP contribution in [-0.4, -0.2) is 23.1 Å². The van der Waals surface area contributed by atoms with Crippen molar-refractivity contribution in [3.8, 4) is 5.75 Å². The molecule has 1 aliphatic rings. The third-order valence-corrected chi connectivity index (χ3v) is 2.84. The predicted molar refractivity (Wildman–Crippen MR) is 65.0 cm³/mol. The van der Waals surface area contributed by atoms with Gasteiger partial charge < -0.3 is 9.64 Å². The molecule has 1 aromatic heterocycles. The normalized spacial score (nSPS) is 14.6. The van der Waals surface area contributed by atoms with E-state index in [2.05, 4.69) is 9.97 Å². The Morgan fingerprint density at radius 3 is 2.78 bits per heavy atom. The van der Waals surface area contributed by atoms with Gasteiger partial charge in [0.25, 0.3) is 0 Å². The first-order chi connectivity index (χ1) is 8.83. The van der Waals surface area contributed by atoms with Crippen molar-refractivity contribution in [3.05, 3.63) is 48.0 Å². The van der Waals surface area contributed by atoms with E-state index in [-0.39, 0.29) is 0 Å². The molecule has 0 atom stereocenters. The van der Waals surface area contributed by atoms with Crippen LogP contribution in [0.5, 0.6) is 5.75 Å². The van der Waals surface area contributed by atoms with Crippen LogP contribution < -0.4 is 9.64 Å². The highest BCUT2D eigenvalue weighted by Gasteiger charge is 2.16. The number of rotatable bonds is 1. The van der Waals surface area contributed by atoms with Gasteiger partial charge in [-0.1, -0.05) is 18.2 Å². The van der Waals surface area contributed by atoms with E-state index < -0.39 is 5.82 Å². The van der Waals surface area contributed by atoms with Crippen molar-refractivity contribution in [2.45, 2.75) is 6.54 Å². The molecule has 4 nitrogen and oxygen atoms in total. The molecule has 92 valence electrons. The van der Waals surface area contributed by atoms with E-state index in [9.17, 15) is 4.39 Å². The molecule has 3 rings (SSSR count). The Morgan fingerprint density at radius 1 is 1.17 bits per heavy atom. The highest BCUT2D eigenvalue weighted by atomic mass is 19.1. The van der Waals surface area contributed by atoms with E-state index in [4.69, 9.17) is 4.74 Å². The molecule has 0 amide bonds. The fraction of sp³-hybridized carbons (Fsp3) is 0.231. The summed E-state index contributed by atoms with van der Waals surface area (Å²) in [5.41, 5.74) is 1.09. The van der Waals surface area contributed by atoms with E-state index in [1.54, 1.807) is 0 Å². The summed E-state index contributed by atoms with van der Waals surface area (Å²) in [6.45, 7) is 1.92. The zero-order valence-electron chi connectivity index (χ0n) is 9.71. The van der Waals surface area contributed by atoms with E-state index >= 15 is 0 Å². The van der Waals surface area contributed by atoms with E-state index in [0.717, 1.165) is 11.3 Å². The number of halogens is 1. The highest BCUT2D eigenvalue weighted by Crippen LogP contribution is 2.24. The number of para-hydroxylation sites is 1. The maximum Gasteiger partial charge on any atom is 0.225 e. The molecule has 18 heavy (non-hydrogen) atoms. The van der Waals surface area contributed by atoms with Gasteiger partial charge in [-0.15, -0.1) is 0 Å². The van der Waals surface area contributed by atoms with Gasteiger partial charge in [-0.2, -0.15) is 0 Å². The van der Waals surface area contributed by atoms with E-state index in [1.165, 1.54) is 12.4 Å². The molecule has 0 unspecified atom stereocenters. The zero-order valence-corrected chi connectivity index (χ0v) is 9.71. The van der Waals surface area contributed by atoms with Crippen molar-refractivity contribution < 1.29 is 9.13 Å².